The number of benzene rings is 2. The Balaban J connectivity index is 1.84. The van der Waals surface area contributed by atoms with Crippen molar-refractivity contribution >= 4 is 62.5 Å². The van der Waals surface area contributed by atoms with Gasteiger partial charge in [0, 0.05) is 26.0 Å². The summed E-state index contributed by atoms with van der Waals surface area (Å²) >= 11 is 16.8. The lowest BCUT2D eigenvalue weighted by molar-refractivity contribution is -0.113. The third-order valence-corrected chi connectivity index (χ3v) is 4.79. The fraction of sp³-hybridized carbons (Fsp3) is 0.133. The molecule has 0 atom stereocenters. The third kappa shape index (κ3) is 5.55. The molecule has 0 radical (unpaired) electrons. The normalized spacial score (nSPS) is 10.4. The second kappa shape index (κ2) is 8.08. The number of hydrogen-bond acceptors (Lipinski definition) is 2. The molecule has 0 heterocycles. The van der Waals surface area contributed by atoms with Gasteiger partial charge in [0.1, 0.15) is 0 Å². The number of nitrogens with one attached hydrogen (secondary N) is 1. The van der Waals surface area contributed by atoms with Crippen molar-refractivity contribution in [3.05, 3.63) is 62.5 Å². The molecule has 0 aliphatic carbocycles. The van der Waals surface area contributed by atoms with Gasteiger partial charge in [-0.05, 0) is 29.8 Å². The van der Waals surface area contributed by atoms with Gasteiger partial charge in [-0.2, -0.15) is 0 Å². The van der Waals surface area contributed by atoms with Crippen LogP contribution in [0.15, 0.2) is 46.9 Å². The highest BCUT2D eigenvalue weighted by Crippen LogP contribution is 2.24. The van der Waals surface area contributed by atoms with Gasteiger partial charge in [-0.15, -0.1) is 11.8 Å². The molecule has 0 bridgehead atoms. The number of hydrogen-bond donors (Lipinski definition) is 1. The van der Waals surface area contributed by atoms with Crippen molar-refractivity contribution in [2.75, 3.05) is 11.1 Å². The molecule has 1 amide bonds. The highest BCUT2D eigenvalue weighted by molar-refractivity contribution is 9.10. The van der Waals surface area contributed by atoms with Gasteiger partial charge in [-0.1, -0.05) is 57.3 Å². The molecular weight excluding hydrogens is 393 g/mol. The van der Waals surface area contributed by atoms with Crippen LogP contribution in [0.1, 0.15) is 5.56 Å². The zero-order valence-corrected chi connectivity index (χ0v) is 14.8. The van der Waals surface area contributed by atoms with E-state index in [0.717, 1.165) is 10.2 Å². The Labute approximate surface area is 146 Å². The highest BCUT2D eigenvalue weighted by Gasteiger charge is 2.06. The standard InChI is InChI=1S/C15H12BrCl2NOS/c16-14-4-2-1-3-10(14)8-21-9-15(20)19-13-6-11(17)5-12(18)7-13/h1-7H,8-9H2,(H,19,20). The maximum atomic E-state index is 11.9. The molecule has 0 aliphatic rings. The lowest BCUT2D eigenvalue weighted by atomic mass is 10.2. The van der Waals surface area contributed by atoms with Gasteiger partial charge >= 0.3 is 0 Å². The van der Waals surface area contributed by atoms with Crippen molar-refractivity contribution in [2.45, 2.75) is 5.75 Å². The number of anilines is 1. The van der Waals surface area contributed by atoms with Gasteiger partial charge in [-0.25, -0.2) is 0 Å². The highest BCUT2D eigenvalue weighted by atomic mass is 79.9. The van der Waals surface area contributed by atoms with Gasteiger partial charge in [0.15, 0.2) is 0 Å². The molecular formula is C15H12BrCl2NOS. The quantitative estimate of drug-likeness (QED) is 0.699. The molecule has 0 spiro atoms. The maximum absolute atomic E-state index is 11.9. The topological polar surface area (TPSA) is 29.1 Å². The van der Waals surface area contributed by atoms with Crippen LogP contribution < -0.4 is 5.32 Å². The van der Waals surface area contributed by atoms with Gasteiger partial charge in [0.05, 0.1) is 5.75 Å². The summed E-state index contributed by atoms with van der Waals surface area (Å²) in [6.07, 6.45) is 0. The van der Waals surface area contributed by atoms with Crippen LogP contribution in [0.4, 0.5) is 5.69 Å². The van der Waals surface area contributed by atoms with Crippen LogP contribution in [0.25, 0.3) is 0 Å². The molecule has 0 unspecified atom stereocenters. The molecule has 2 rings (SSSR count). The Kier molecular flexibility index (Phi) is 6.42. The van der Waals surface area contributed by atoms with Crippen LogP contribution in [0.2, 0.25) is 10.0 Å². The van der Waals surface area contributed by atoms with Crippen molar-refractivity contribution in [1.82, 2.24) is 0 Å². The Morgan fingerprint density at radius 1 is 1.14 bits per heavy atom. The molecule has 6 heteroatoms. The predicted octanol–water partition coefficient (Wildman–Crippen LogP) is 5.63. The lowest BCUT2D eigenvalue weighted by Gasteiger charge is -2.07. The molecule has 0 fully saturated rings. The number of carbonyl (C=O) groups is 1. The number of halogens is 3. The van der Waals surface area contributed by atoms with E-state index < -0.39 is 0 Å². The van der Waals surface area contributed by atoms with Crippen LogP contribution in [0.5, 0.6) is 0 Å². The van der Waals surface area contributed by atoms with E-state index in [1.807, 2.05) is 24.3 Å². The molecule has 2 aromatic rings. The summed E-state index contributed by atoms with van der Waals surface area (Å²) in [7, 11) is 0. The van der Waals surface area contributed by atoms with Crippen molar-refractivity contribution in [3.63, 3.8) is 0 Å². The van der Waals surface area contributed by atoms with E-state index in [9.17, 15) is 4.79 Å². The zero-order chi connectivity index (χ0) is 15.2. The minimum atomic E-state index is -0.0783. The largest absolute Gasteiger partial charge is 0.325 e. The monoisotopic (exact) mass is 403 g/mol. The minimum Gasteiger partial charge on any atom is -0.325 e. The first-order valence-electron chi connectivity index (χ1n) is 6.11. The summed E-state index contributed by atoms with van der Waals surface area (Å²) in [6, 6.07) is 12.9. The Hall–Kier alpha value is -0.680. The molecule has 1 N–H and O–H groups in total. The molecule has 0 aliphatic heterocycles. The van der Waals surface area contributed by atoms with E-state index in [4.69, 9.17) is 23.2 Å². The predicted molar refractivity (Wildman–Crippen MR) is 95.4 cm³/mol. The summed E-state index contributed by atoms with van der Waals surface area (Å²) in [5, 5.41) is 3.78. The fourth-order valence-electron chi connectivity index (χ4n) is 1.69. The number of thioether (sulfide) groups is 1. The summed E-state index contributed by atoms with van der Waals surface area (Å²) < 4.78 is 1.06. The van der Waals surface area contributed by atoms with Crippen molar-refractivity contribution < 1.29 is 4.79 Å². The first kappa shape index (κ1) is 16.7. The second-order valence-electron chi connectivity index (χ2n) is 4.29. The zero-order valence-electron chi connectivity index (χ0n) is 10.9. The first-order chi connectivity index (χ1) is 10.0. The molecule has 2 aromatic carbocycles. The lowest BCUT2D eigenvalue weighted by Crippen LogP contribution is -2.14. The van der Waals surface area contributed by atoms with Gasteiger partial charge in [0.2, 0.25) is 5.91 Å². The van der Waals surface area contributed by atoms with Gasteiger partial charge in [-0.3, -0.25) is 4.79 Å². The number of amides is 1. The maximum Gasteiger partial charge on any atom is 0.234 e. The van der Waals surface area contributed by atoms with Crippen molar-refractivity contribution in [3.8, 4) is 0 Å². The van der Waals surface area contributed by atoms with Crippen LogP contribution in [0, 0.1) is 0 Å². The minimum absolute atomic E-state index is 0.0783. The van der Waals surface area contributed by atoms with Gasteiger partial charge < -0.3 is 5.32 Å². The van der Waals surface area contributed by atoms with E-state index in [-0.39, 0.29) is 5.91 Å². The Morgan fingerprint density at radius 2 is 1.81 bits per heavy atom. The molecule has 2 nitrogen and oxygen atoms in total. The number of carbonyl (C=O) groups excluding carboxylic acids is 1. The summed E-state index contributed by atoms with van der Waals surface area (Å²) in [4.78, 5) is 11.9. The Bertz CT molecular complexity index is 631. The van der Waals surface area contributed by atoms with E-state index >= 15 is 0 Å². The van der Waals surface area contributed by atoms with Crippen LogP contribution >= 0.6 is 50.9 Å². The Morgan fingerprint density at radius 3 is 2.48 bits per heavy atom. The van der Waals surface area contributed by atoms with E-state index in [1.54, 1.807) is 30.0 Å². The van der Waals surface area contributed by atoms with Gasteiger partial charge in [0.25, 0.3) is 0 Å². The van der Waals surface area contributed by atoms with Crippen LogP contribution in [0.3, 0.4) is 0 Å². The van der Waals surface area contributed by atoms with Crippen molar-refractivity contribution in [1.29, 1.82) is 0 Å². The average Bonchev–Trinajstić information content (AvgIpc) is 2.39. The van der Waals surface area contributed by atoms with E-state index in [0.29, 0.717) is 21.5 Å². The van der Waals surface area contributed by atoms with E-state index in [1.165, 1.54) is 5.56 Å². The third-order valence-electron chi connectivity index (χ3n) is 2.59. The van der Waals surface area contributed by atoms with Crippen molar-refractivity contribution in [2.24, 2.45) is 0 Å². The second-order valence-corrected chi connectivity index (χ2v) is 7.00. The summed E-state index contributed by atoms with van der Waals surface area (Å²) in [5.74, 6) is 1.06. The molecule has 21 heavy (non-hydrogen) atoms. The SMILES string of the molecule is O=C(CSCc1ccccc1Br)Nc1cc(Cl)cc(Cl)c1. The molecule has 0 saturated carbocycles. The molecule has 110 valence electrons. The molecule has 0 aromatic heterocycles. The molecule has 0 saturated heterocycles. The fourth-order valence-corrected chi connectivity index (χ4v) is 3.66. The van der Waals surface area contributed by atoms with Crippen LogP contribution in [-0.4, -0.2) is 11.7 Å². The average molecular weight is 405 g/mol. The van der Waals surface area contributed by atoms with E-state index in [2.05, 4.69) is 21.2 Å². The smallest absolute Gasteiger partial charge is 0.234 e. The van der Waals surface area contributed by atoms with Crippen LogP contribution in [-0.2, 0) is 10.5 Å². The number of rotatable bonds is 5. The summed E-state index contributed by atoms with van der Waals surface area (Å²) in [5.41, 5.74) is 1.78. The first-order valence-corrected chi connectivity index (χ1v) is 8.82. The summed E-state index contributed by atoms with van der Waals surface area (Å²) in [6.45, 7) is 0.